The van der Waals surface area contributed by atoms with Crippen LogP contribution in [0.1, 0.15) is 27.7 Å². The van der Waals surface area contributed by atoms with Crippen molar-refractivity contribution in [2.24, 2.45) is 0 Å². The maximum Gasteiger partial charge on any atom is 0.322 e. The van der Waals surface area contributed by atoms with Gasteiger partial charge in [-0.05, 0) is 0 Å². The molecule has 0 aliphatic heterocycles. The van der Waals surface area contributed by atoms with Crippen LogP contribution >= 0.6 is 0 Å². The van der Waals surface area contributed by atoms with Crippen LogP contribution < -0.4 is 5.32 Å². The lowest BCUT2D eigenvalue weighted by Gasteiger charge is -2.19. The molecule has 0 aromatic heterocycles. The first-order chi connectivity index (χ1) is 7.49. The lowest BCUT2D eigenvalue weighted by molar-refractivity contribution is -0.194. The Morgan fingerprint density at radius 2 is 1.24 bits per heavy atom. The summed E-state index contributed by atoms with van der Waals surface area (Å²) >= 11 is 0. The van der Waals surface area contributed by atoms with Crippen LogP contribution in [0.15, 0.2) is 0 Å². The molecule has 0 radical (unpaired) electrons. The molecule has 0 aromatic carbocycles. The standard InChI is InChI=1S/C10H19NO6/c1-9(2,14)16-7(12)5-11-6-8(13)17-10(3,4)15/h11,14-15H,5-6H2,1-4H3. The van der Waals surface area contributed by atoms with Crippen LogP contribution in [0.5, 0.6) is 0 Å². The second-order valence-electron chi connectivity index (χ2n) is 4.45. The molecule has 17 heavy (non-hydrogen) atoms. The van der Waals surface area contributed by atoms with E-state index in [-0.39, 0.29) is 13.1 Å². The summed E-state index contributed by atoms with van der Waals surface area (Å²) in [6, 6.07) is 0. The number of hydrogen-bond donors (Lipinski definition) is 3. The zero-order chi connectivity index (χ0) is 13.7. The van der Waals surface area contributed by atoms with Crippen molar-refractivity contribution < 1.29 is 29.3 Å². The quantitative estimate of drug-likeness (QED) is 0.414. The van der Waals surface area contributed by atoms with Gasteiger partial charge in [0.25, 0.3) is 0 Å². The zero-order valence-corrected chi connectivity index (χ0v) is 10.4. The summed E-state index contributed by atoms with van der Waals surface area (Å²) in [6.07, 6.45) is 0. The lowest BCUT2D eigenvalue weighted by atomic mass is 10.4. The minimum Gasteiger partial charge on any atom is -0.433 e. The molecule has 0 rings (SSSR count). The first-order valence-electron chi connectivity index (χ1n) is 5.09. The Morgan fingerprint density at radius 3 is 1.47 bits per heavy atom. The van der Waals surface area contributed by atoms with Gasteiger partial charge >= 0.3 is 11.9 Å². The van der Waals surface area contributed by atoms with Gasteiger partial charge in [-0.25, -0.2) is 0 Å². The predicted octanol–water partition coefficient (Wildman–Crippen LogP) is -0.881. The molecule has 0 saturated carbocycles. The van der Waals surface area contributed by atoms with Gasteiger partial charge in [-0.3, -0.25) is 14.9 Å². The third-order valence-corrected chi connectivity index (χ3v) is 1.27. The molecule has 0 fully saturated rings. The molecule has 3 N–H and O–H groups in total. The largest absolute Gasteiger partial charge is 0.433 e. The molecule has 0 amide bonds. The van der Waals surface area contributed by atoms with Gasteiger partial charge in [0.15, 0.2) is 0 Å². The van der Waals surface area contributed by atoms with E-state index in [1.54, 1.807) is 0 Å². The van der Waals surface area contributed by atoms with Gasteiger partial charge < -0.3 is 19.7 Å². The molecule has 0 unspecified atom stereocenters. The molecule has 7 heteroatoms. The van der Waals surface area contributed by atoms with Gasteiger partial charge in [0.05, 0.1) is 13.1 Å². The van der Waals surface area contributed by atoms with E-state index in [1.165, 1.54) is 27.7 Å². The van der Waals surface area contributed by atoms with Gasteiger partial charge in [-0.1, -0.05) is 0 Å². The van der Waals surface area contributed by atoms with Crippen molar-refractivity contribution >= 4 is 11.9 Å². The topological polar surface area (TPSA) is 105 Å². The zero-order valence-electron chi connectivity index (χ0n) is 10.4. The van der Waals surface area contributed by atoms with Crippen LogP contribution in [0.3, 0.4) is 0 Å². The van der Waals surface area contributed by atoms with Crippen molar-refractivity contribution in [2.75, 3.05) is 13.1 Å². The van der Waals surface area contributed by atoms with Crippen LogP contribution in [-0.2, 0) is 19.1 Å². The van der Waals surface area contributed by atoms with Crippen molar-refractivity contribution in [3.05, 3.63) is 0 Å². The molecule has 0 spiro atoms. The second-order valence-corrected chi connectivity index (χ2v) is 4.45. The molecule has 100 valence electrons. The average Bonchev–Trinajstić information content (AvgIpc) is 1.95. The van der Waals surface area contributed by atoms with Crippen molar-refractivity contribution in [3.8, 4) is 0 Å². The van der Waals surface area contributed by atoms with E-state index in [0.717, 1.165) is 0 Å². The number of esters is 2. The van der Waals surface area contributed by atoms with Gasteiger partial charge in [-0.15, -0.1) is 0 Å². The number of aliphatic hydroxyl groups is 2. The molecule has 0 atom stereocenters. The van der Waals surface area contributed by atoms with Crippen molar-refractivity contribution in [3.63, 3.8) is 0 Å². The number of rotatable bonds is 6. The van der Waals surface area contributed by atoms with E-state index in [9.17, 15) is 9.59 Å². The first-order valence-corrected chi connectivity index (χ1v) is 5.09. The Balaban J connectivity index is 3.78. The lowest BCUT2D eigenvalue weighted by Crippen LogP contribution is -2.37. The van der Waals surface area contributed by atoms with E-state index in [1.807, 2.05) is 0 Å². The summed E-state index contributed by atoms with van der Waals surface area (Å²) in [5.74, 6) is -4.50. The summed E-state index contributed by atoms with van der Waals surface area (Å²) in [6.45, 7) is 4.76. The van der Waals surface area contributed by atoms with Crippen LogP contribution in [0, 0.1) is 0 Å². The fourth-order valence-corrected chi connectivity index (χ4v) is 0.896. The van der Waals surface area contributed by atoms with Gasteiger partial charge in [0, 0.05) is 27.7 Å². The summed E-state index contributed by atoms with van der Waals surface area (Å²) in [7, 11) is 0. The van der Waals surface area contributed by atoms with Crippen molar-refractivity contribution in [1.29, 1.82) is 0 Å². The van der Waals surface area contributed by atoms with Crippen LogP contribution in [0.4, 0.5) is 0 Å². The maximum atomic E-state index is 11.1. The summed E-state index contributed by atoms with van der Waals surface area (Å²) in [5.41, 5.74) is 0. The normalized spacial score (nSPS) is 12.1. The smallest absolute Gasteiger partial charge is 0.322 e. The summed E-state index contributed by atoms with van der Waals surface area (Å²) in [5, 5.41) is 20.8. The second kappa shape index (κ2) is 5.95. The van der Waals surface area contributed by atoms with Crippen LogP contribution in [0.25, 0.3) is 0 Å². The highest BCUT2D eigenvalue weighted by molar-refractivity contribution is 5.75. The number of carbonyl (C=O) groups is 2. The minimum absolute atomic E-state index is 0.245. The number of carbonyl (C=O) groups excluding carboxylic acids is 2. The molecule has 0 heterocycles. The first kappa shape index (κ1) is 15.8. The van der Waals surface area contributed by atoms with Gasteiger partial charge in [0.1, 0.15) is 0 Å². The monoisotopic (exact) mass is 249 g/mol. The molecular formula is C10H19NO6. The number of nitrogens with one attached hydrogen (secondary N) is 1. The van der Waals surface area contributed by atoms with E-state index in [2.05, 4.69) is 14.8 Å². The Bertz CT molecular complexity index is 248. The van der Waals surface area contributed by atoms with E-state index < -0.39 is 23.5 Å². The van der Waals surface area contributed by atoms with Gasteiger partial charge in [0.2, 0.25) is 11.6 Å². The Morgan fingerprint density at radius 1 is 0.941 bits per heavy atom. The molecule has 0 bridgehead atoms. The van der Waals surface area contributed by atoms with Gasteiger partial charge in [-0.2, -0.15) is 0 Å². The molecule has 0 saturated heterocycles. The minimum atomic E-state index is -1.55. The Kier molecular flexibility index (Phi) is 5.53. The molecule has 0 aliphatic rings. The highest BCUT2D eigenvalue weighted by Gasteiger charge is 2.20. The van der Waals surface area contributed by atoms with Crippen LogP contribution in [-0.4, -0.2) is 46.8 Å². The highest BCUT2D eigenvalue weighted by Crippen LogP contribution is 2.03. The molecule has 0 aliphatic carbocycles. The highest BCUT2D eigenvalue weighted by atomic mass is 16.7. The third-order valence-electron chi connectivity index (χ3n) is 1.27. The Labute approximate surface area is 99.7 Å². The van der Waals surface area contributed by atoms with Crippen LogP contribution in [0.2, 0.25) is 0 Å². The fourth-order valence-electron chi connectivity index (χ4n) is 0.896. The Hall–Kier alpha value is -1.18. The SMILES string of the molecule is CC(C)(O)OC(=O)CNCC(=O)OC(C)(C)O. The third kappa shape index (κ3) is 11.1. The van der Waals surface area contributed by atoms with E-state index in [0.29, 0.717) is 0 Å². The molecular weight excluding hydrogens is 230 g/mol. The summed E-state index contributed by atoms with van der Waals surface area (Å²) in [4.78, 5) is 22.2. The molecule has 7 nitrogen and oxygen atoms in total. The predicted molar refractivity (Wildman–Crippen MR) is 57.6 cm³/mol. The average molecular weight is 249 g/mol. The number of ether oxygens (including phenoxy) is 2. The van der Waals surface area contributed by atoms with Crippen molar-refractivity contribution in [2.45, 2.75) is 39.3 Å². The summed E-state index contributed by atoms with van der Waals surface area (Å²) < 4.78 is 9.15. The molecule has 0 aromatic rings. The van der Waals surface area contributed by atoms with Crippen molar-refractivity contribution in [1.82, 2.24) is 5.32 Å². The van der Waals surface area contributed by atoms with E-state index in [4.69, 9.17) is 10.2 Å². The maximum absolute atomic E-state index is 11.1. The fraction of sp³-hybridized carbons (Fsp3) is 0.800. The van der Waals surface area contributed by atoms with E-state index >= 15 is 0 Å². The number of hydrogen-bond acceptors (Lipinski definition) is 7.